The number of fused-ring (bicyclic) bond motifs is 1. The molecule has 1 aromatic carbocycles. The van der Waals surface area contributed by atoms with Gasteiger partial charge in [0, 0.05) is 30.7 Å². The van der Waals surface area contributed by atoms with Crippen molar-refractivity contribution in [2.45, 2.75) is 37.9 Å². The summed E-state index contributed by atoms with van der Waals surface area (Å²) in [4.78, 5) is 35.1. The van der Waals surface area contributed by atoms with Gasteiger partial charge in [-0.1, -0.05) is 18.2 Å². The van der Waals surface area contributed by atoms with Gasteiger partial charge >= 0.3 is 0 Å². The molecule has 1 aliphatic rings. The summed E-state index contributed by atoms with van der Waals surface area (Å²) in [5, 5.41) is 6.66. The van der Waals surface area contributed by atoms with Crippen LogP contribution >= 0.6 is 0 Å². The van der Waals surface area contributed by atoms with Crippen molar-refractivity contribution < 1.29 is 14.0 Å². The number of benzene rings is 1. The van der Waals surface area contributed by atoms with E-state index in [1.807, 2.05) is 24.1 Å². The first-order chi connectivity index (χ1) is 15.0. The minimum Gasteiger partial charge on any atom is -0.350 e. The van der Waals surface area contributed by atoms with Crippen molar-refractivity contribution in [3.05, 3.63) is 65.7 Å². The van der Waals surface area contributed by atoms with Crippen molar-refractivity contribution in [2.24, 2.45) is 0 Å². The third-order valence-electron chi connectivity index (χ3n) is 5.76. The molecule has 7 nitrogen and oxygen atoms in total. The fraction of sp³-hybridized carbons (Fsp3) is 0.348. The Kier molecular flexibility index (Phi) is 6.27. The van der Waals surface area contributed by atoms with E-state index in [2.05, 4.69) is 20.6 Å². The highest BCUT2D eigenvalue weighted by Crippen LogP contribution is 2.16. The van der Waals surface area contributed by atoms with Crippen LogP contribution in [0.25, 0.3) is 11.0 Å². The van der Waals surface area contributed by atoms with Gasteiger partial charge in [-0.3, -0.25) is 14.5 Å². The van der Waals surface area contributed by atoms with Gasteiger partial charge < -0.3 is 15.6 Å². The second-order valence-corrected chi connectivity index (χ2v) is 7.97. The van der Waals surface area contributed by atoms with Crippen molar-refractivity contribution in [2.75, 3.05) is 13.6 Å². The Morgan fingerprint density at radius 2 is 2.16 bits per heavy atom. The molecule has 0 saturated carbocycles. The van der Waals surface area contributed by atoms with Gasteiger partial charge in [0.2, 0.25) is 11.8 Å². The van der Waals surface area contributed by atoms with Crippen LogP contribution in [0.3, 0.4) is 0 Å². The van der Waals surface area contributed by atoms with Crippen molar-refractivity contribution in [3.8, 4) is 0 Å². The lowest BCUT2D eigenvalue weighted by molar-refractivity contribution is -0.131. The number of amides is 2. The number of carbonyl (C=O) groups excluding carboxylic acids is 2. The number of nitrogens with one attached hydrogen (secondary N) is 3. The van der Waals surface area contributed by atoms with Crippen LogP contribution in [0.5, 0.6) is 0 Å². The number of aromatic amines is 1. The zero-order valence-electron chi connectivity index (χ0n) is 17.4. The number of hydrogen-bond donors (Lipinski definition) is 3. The van der Waals surface area contributed by atoms with E-state index in [0.29, 0.717) is 5.56 Å². The van der Waals surface area contributed by atoms with Gasteiger partial charge in [-0.2, -0.15) is 0 Å². The molecule has 2 amide bonds. The Hall–Kier alpha value is -3.26. The minimum atomic E-state index is -0.873. The highest BCUT2D eigenvalue weighted by Gasteiger charge is 2.31. The highest BCUT2D eigenvalue weighted by molar-refractivity contribution is 5.90. The molecule has 0 aliphatic carbocycles. The lowest BCUT2D eigenvalue weighted by Gasteiger charge is -2.24. The van der Waals surface area contributed by atoms with Crippen LogP contribution in [0.4, 0.5) is 4.39 Å². The first-order valence-electron chi connectivity index (χ1n) is 10.4. The maximum atomic E-state index is 14.2. The monoisotopic (exact) mass is 423 g/mol. The molecule has 2 aromatic heterocycles. The summed E-state index contributed by atoms with van der Waals surface area (Å²) >= 11 is 0. The predicted octanol–water partition coefficient (Wildman–Crippen LogP) is 2.14. The molecular weight excluding hydrogens is 397 g/mol. The Morgan fingerprint density at radius 3 is 2.94 bits per heavy atom. The third kappa shape index (κ3) is 4.91. The number of pyridine rings is 1. The van der Waals surface area contributed by atoms with Crippen LogP contribution < -0.4 is 10.6 Å². The molecule has 3 heterocycles. The van der Waals surface area contributed by atoms with E-state index in [0.717, 1.165) is 36.0 Å². The van der Waals surface area contributed by atoms with Gasteiger partial charge in [0.1, 0.15) is 17.5 Å². The molecule has 0 spiro atoms. The highest BCUT2D eigenvalue weighted by atomic mass is 19.1. The summed E-state index contributed by atoms with van der Waals surface area (Å²) in [6.45, 7) is 1.11. The number of aromatic nitrogens is 2. The molecule has 31 heavy (non-hydrogen) atoms. The van der Waals surface area contributed by atoms with Crippen molar-refractivity contribution in [1.82, 2.24) is 25.5 Å². The van der Waals surface area contributed by atoms with Gasteiger partial charge in [0.05, 0.1) is 6.04 Å². The SMILES string of the molecule is CN1CCC[C@@H]1C(=O)N[C@@H](Cc1ccccc1F)C(=O)NCc1cnc2[nH]ccc2c1. The zero-order chi connectivity index (χ0) is 21.8. The van der Waals surface area contributed by atoms with E-state index in [4.69, 9.17) is 0 Å². The summed E-state index contributed by atoms with van der Waals surface area (Å²) in [5.41, 5.74) is 2.01. The Bertz CT molecular complexity index is 1080. The predicted molar refractivity (Wildman–Crippen MR) is 116 cm³/mol. The molecule has 3 aromatic rings. The third-order valence-corrected chi connectivity index (χ3v) is 5.76. The second kappa shape index (κ2) is 9.26. The van der Waals surface area contributed by atoms with E-state index < -0.39 is 11.9 Å². The zero-order valence-corrected chi connectivity index (χ0v) is 17.4. The van der Waals surface area contributed by atoms with E-state index in [1.165, 1.54) is 6.07 Å². The molecule has 0 radical (unpaired) electrons. The average molecular weight is 423 g/mol. The summed E-state index contributed by atoms with van der Waals surface area (Å²) in [6, 6.07) is 9.02. The van der Waals surface area contributed by atoms with E-state index in [-0.39, 0.29) is 30.8 Å². The van der Waals surface area contributed by atoms with Gasteiger partial charge in [0.15, 0.2) is 0 Å². The largest absolute Gasteiger partial charge is 0.350 e. The number of rotatable bonds is 7. The van der Waals surface area contributed by atoms with E-state index in [1.54, 1.807) is 30.6 Å². The normalized spacial score (nSPS) is 17.5. The van der Waals surface area contributed by atoms with Crippen molar-refractivity contribution >= 4 is 22.8 Å². The van der Waals surface area contributed by atoms with Gasteiger partial charge in [-0.05, 0) is 55.8 Å². The molecular formula is C23H26FN5O2. The van der Waals surface area contributed by atoms with Crippen molar-refractivity contribution in [1.29, 1.82) is 0 Å². The maximum absolute atomic E-state index is 14.2. The van der Waals surface area contributed by atoms with Gasteiger partial charge in [-0.25, -0.2) is 9.37 Å². The molecule has 1 fully saturated rings. The van der Waals surface area contributed by atoms with Crippen LogP contribution in [0.2, 0.25) is 0 Å². The van der Waals surface area contributed by atoms with Crippen LogP contribution in [-0.4, -0.2) is 52.4 Å². The number of likely N-dealkylation sites (N-methyl/N-ethyl adjacent to an activating group) is 1. The molecule has 8 heteroatoms. The number of likely N-dealkylation sites (tertiary alicyclic amines) is 1. The smallest absolute Gasteiger partial charge is 0.243 e. The quantitative estimate of drug-likeness (QED) is 0.543. The minimum absolute atomic E-state index is 0.0791. The fourth-order valence-corrected chi connectivity index (χ4v) is 4.00. The van der Waals surface area contributed by atoms with E-state index >= 15 is 0 Å². The topological polar surface area (TPSA) is 90.1 Å². The number of hydrogen-bond acceptors (Lipinski definition) is 4. The summed E-state index contributed by atoms with van der Waals surface area (Å²) in [5.74, 6) is -0.951. The fourth-order valence-electron chi connectivity index (χ4n) is 4.00. The van der Waals surface area contributed by atoms with Crippen LogP contribution in [0, 0.1) is 5.82 Å². The lowest BCUT2D eigenvalue weighted by Crippen LogP contribution is -2.52. The Morgan fingerprint density at radius 1 is 1.32 bits per heavy atom. The van der Waals surface area contributed by atoms with Crippen molar-refractivity contribution in [3.63, 3.8) is 0 Å². The molecule has 1 saturated heterocycles. The lowest BCUT2D eigenvalue weighted by atomic mass is 10.0. The van der Waals surface area contributed by atoms with Crippen LogP contribution in [0.1, 0.15) is 24.0 Å². The molecule has 162 valence electrons. The Balaban J connectivity index is 1.47. The first-order valence-corrected chi connectivity index (χ1v) is 10.4. The number of halogens is 1. The maximum Gasteiger partial charge on any atom is 0.243 e. The number of nitrogens with zero attached hydrogens (tertiary/aromatic N) is 2. The van der Waals surface area contributed by atoms with Gasteiger partial charge in [-0.15, -0.1) is 0 Å². The molecule has 0 unspecified atom stereocenters. The number of H-pyrrole nitrogens is 1. The molecule has 1 aliphatic heterocycles. The standard InChI is InChI=1S/C23H26FN5O2/c1-29-10-4-7-20(29)23(31)28-19(12-16-5-2-3-6-18(16)24)22(30)27-14-15-11-17-8-9-25-21(17)26-13-15/h2-3,5-6,8-9,11,13,19-20H,4,7,10,12,14H2,1H3,(H,25,26)(H,27,30)(H,28,31)/t19-,20+/m0/s1. The first kappa shape index (κ1) is 21.0. The summed E-state index contributed by atoms with van der Waals surface area (Å²) in [6.07, 6.45) is 5.26. The molecule has 4 rings (SSSR count). The summed E-state index contributed by atoms with van der Waals surface area (Å²) < 4.78 is 14.2. The summed E-state index contributed by atoms with van der Waals surface area (Å²) in [7, 11) is 1.90. The van der Waals surface area contributed by atoms with Crippen LogP contribution in [0.15, 0.2) is 48.8 Å². The van der Waals surface area contributed by atoms with Crippen LogP contribution in [-0.2, 0) is 22.6 Å². The molecule has 3 N–H and O–H groups in total. The number of carbonyl (C=O) groups is 2. The molecule has 2 atom stereocenters. The van der Waals surface area contributed by atoms with Gasteiger partial charge in [0.25, 0.3) is 0 Å². The molecule has 0 bridgehead atoms. The Labute approximate surface area is 180 Å². The average Bonchev–Trinajstić information content (AvgIpc) is 3.41. The van der Waals surface area contributed by atoms with E-state index in [9.17, 15) is 14.0 Å². The second-order valence-electron chi connectivity index (χ2n) is 7.97.